The molecular weight excluding hydrogens is 376 g/mol. The van der Waals surface area contributed by atoms with Crippen molar-refractivity contribution in [3.8, 4) is 5.75 Å². The first kappa shape index (κ1) is 21.8. The molecule has 2 aromatic rings. The molecule has 152 valence electrons. The number of ether oxygens (including phenoxy) is 1. The molecule has 0 heterocycles. The van der Waals surface area contributed by atoms with Crippen molar-refractivity contribution in [3.63, 3.8) is 0 Å². The lowest BCUT2D eigenvalue weighted by Gasteiger charge is -2.30. The van der Waals surface area contributed by atoms with Gasteiger partial charge in [0.05, 0.1) is 18.6 Å². The molecule has 28 heavy (non-hydrogen) atoms. The summed E-state index contributed by atoms with van der Waals surface area (Å²) < 4.78 is 31.7. The molecular formula is C21H28N2O4S. The smallest absolute Gasteiger partial charge is 0.248 e. The fourth-order valence-corrected chi connectivity index (χ4v) is 4.23. The van der Waals surface area contributed by atoms with Crippen LogP contribution in [-0.4, -0.2) is 33.2 Å². The maximum absolute atomic E-state index is 13.0. The number of amides is 1. The van der Waals surface area contributed by atoms with Crippen LogP contribution in [0.4, 0.5) is 11.4 Å². The Hall–Kier alpha value is -2.54. The highest BCUT2D eigenvalue weighted by atomic mass is 32.2. The van der Waals surface area contributed by atoms with E-state index in [1.807, 2.05) is 39.0 Å². The van der Waals surface area contributed by atoms with Crippen LogP contribution in [0.25, 0.3) is 0 Å². The molecule has 0 radical (unpaired) electrons. The first-order valence-electron chi connectivity index (χ1n) is 9.28. The molecule has 0 unspecified atom stereocenters. The van der Waals surface area contributed by atoms with E-state index < -0.39 is 16.1 Å². The number of aryl methyl sites for hydroxylation is 1. The summed E-state index contributed by atoms with van der Waals surface area (Å²) in [5.41, 5.74) is 3.12. The summed E-state index contributed by atoms with van der Waals surface area (Å²) in [5.74, 6) is 0.281. The number of anilines is 2. The predicted octanol–water partition coefficient (Wildman–Crippen LogP) is 3.89. The third kappa shape index (κ3) is 5.04. The summed E-state index contributed by atoms with van der Waals surface area (Å²) in [4.78, 5) is 13.0. The van der Waals surface area contributed by atoms with E-state index in [1.165, 1.54) is 4.31 Å². The molecule has 0 fully saturated rings. The first-order chi connectivity index (χ1) is 13.2. The number of nitrogens with one attached hydrogen (secondary N) is 1. The second kappa shape index (κ2) is 9.10. The van der Waals surface area contributed by atoms with Crippen LogP contribution in [0.15, 0.2) is 42.5 Å². The van der Waals surface area contributed by atoms with Gasteiger partial charge in [0, 0.05) is 5.69 Å². The third-order valence-electron chi connectivity index (χ3n) is 4.59. The van der Waals surface area contributed by atoms with E-state index in [2.05, 4.69) is 5.32 Å². The van der Waals surface area contributed by atoms with Crippen molar-refractivity contribution in [1.29, 1.82) is 0 Å². The van der Waals surface area contributed by atoms with Crippen LogP contribution in [0, 0.1) is 13.8 Å². The van der Waals surface area contributed by atoms with Gasteiger partial charge in [0.15, 0.2) is 0 Å². The first-order valence-corrected chi connectivity index (χ1v) is 11.1. The highest BCUT2D eigenvalue weighted by Crippen LogP contribution is 2.26. The van der Waals surface area contributed by atoms with Crippen molar-refractivity contribution in [3.05, 3.63) is 53.6 Å². The van der Waals surface area contributed by atoms with Crippen molar-refractivity contribution in [2.75, 3.05) is 22.5 Å². The second-order valence-corrected chi connectivity index (χ2v) is 8.51. The van der Waals surface area contributed by atoms with Crippen molar-refractivity contribution in [1.82, 2.24) is 0 Å². The number of carbonyl (C=O) groups excluding carboxylic acids is 1. The van der Waals surface area contributed by atoms with Gasteiger partial charge < -0.3 is 10.1 Å². The molecule has 0 saturated heterocycles. The Kier molecular flexibility index (Phi) is 7.07. The van der Waals surface area contributed by atoms with Gasteiger partial charge in [-0.15, -0.1) is 0 Å². The summed E-state index contributed by atoms with van der Waals surface area (Å²) >= 11 is 0. The molecule has 0 aliphatic rings. The maximum Gasteiger partial charge on any atom is 0.248 e. The molecule has 2 rings (SSSR count). The predicted molar refractivity (Wildman–Crippen MR) is 114 cm³/mol. The highest BCUT2D eigenvalue weighted by Gasteiger charge is 2.31. The fourth-order valence-electron chi connectivity index (χ4n) is 3.02. The van der Waals surface area contributed by atoms with Gasteiger partial charge in [-0.3, -0.25) is 9.10 Å². The van der Waals surface area contributed by atoms with Crippen LogP contribution < -0.4 is 14.4 Å². The van der Waals surface area contributed by atoms with E-state index in [-0.39, 0.29) is 5.91 Å². The molecule has 0 spiro atoms. The van der Waals surface area contributed by atoms with Crippen LogP contribution in [0.3, 0.4) is 0 Å². The summed E-state index contributed by atoms with van der Waals surface area (Å²) in [6.07, 6.45) is 1.44. The average molecular weight is 405 g/mol. The zero-order valence-corrected chi connectivity index (χ0v) is 17.8. The maximum atomic E-state index is 13.0. The zero-order chi connectivity index (χ0) is 20.9. The van der Waals surface area contributed by atoms with Gasteiger partial charge in [0.25, 0.3) is 0 Å². The Bertz CT molecular complexity index is 924. The number of benzene rings is 2. The third-order valence-corrected chi connectivity index (χ3v) is 5.77. The van der Waals surface area contributed by atoms with Crippen LogP contribution in [0.1, 0.15) is 31.4 Å². The molecule has 0 aromatic heterocycles. The number of sulfonamides is 1. The average Bonchev–Trinajstić information content (AvgIpc) is 2.63. The Morgan fingerprint density at radius 2 is 1.75 bits per heavy atom. The van der Waals surface area contributed by atoms with Gasteiger partial charge in [0.1, 0.15) is 11.8 Å². The number of nitrogens with zero attached hydrogens (tertiary/aromatic N) is 1. The van der Waals surface area contributed by atoms with Crippen molar-refractivity contribution in [2.24, 2.45) is 0 Å². The topological polar surface area (TPSA) is 75.7 Å². The van der Waals surface area contributed by atoms with Crippen molar-refractivity contribution in [2.45, 2.75) is 40.2 Å². The molecule has 0 aliphatic carbocycles. The number of hydrogen-bond acceptors (Lipinski definition) is 4. The number of rotatable bonds is 8. The van der Waals surface area contributed by atoms with Gasteiger partial charge in [-0.25, -0.2) is 8.42 Å². The lowest BCUT2D eigenvalue weighted by molar-refractivity contribution is -0.117. The van der Waals surface area contributed by atoms with E-state index in [0.29, 0.717) is 30.2 Å². The molecule has 0 saturated carbocycles. The summed E-state index contributed by atoms with van der Waals surface area (Å²) in [6, 6.07) is 11.5. The highest BCUT2D eigenvalue weighted by molar-refractivity contribution is 7.92. The van der Waals surface area contributed by atoms with E-state index in [1.54, 1.807) is 31.2 Å². The standard InChI is InChI=1S/C21H28N2O4S/c1-6-20(21(24)22-19-10-8-9-15(3)16(19)4)23(28(5,25)26)17-11-13-18(14-12-17)27-7-2/h8-14,20H,6-7H2,1-5H3,(H,22,24)/t20-/m0/s1. The second-order valence-electron chi connectivity index (χ2n) is 6.65. The lowest BCUT2D eigenvalue weighted by Crippen LogP contribution is -2.47. The van der Waals surface area contributed by atoms with Gasteiger partial charge >= 0.3 is 0 Å². The van der Waals surface area contributed by atoms with E-state index >= 15 is 0 Å². The molecule has 6 nitrogen and oxygen atoms in total. The Balaban J connectivity index is 2.37. The Morgan fingerprint density at radius 3 is 2.29 bits per heavy atom. The fraction of sp³-hybridized carbons (Fsp3) is 0.381. The summed E-state index contributed by atoms with van der Waals surface area (Å²) in [5, 5.41) is 2.89. The minimum Gasteiger partial charge on any atom is -0.494 e. The van der Waals surface area contributed by atoms with E-state index in [0.717, 1.165) is 17.4 Å². The van der Waals surface area contributed by atoms with Gasteiger partial charge in [-0.2, -0.15) is 0 Å². The SMILES string of the molecule is CCOc1ccc(N([C@@H](CC)C(=O)Nc2cccc(C)c2C)S(C)(=O)=O)cc1. The number of hydrogen-bond donors (Lipinski definition) is 1. The minimum absolute atomic E-state index is 0.330. The van der Waals surface area contributed by atoms with Gasteiger partial charge in [-0.05, 0) is 68.7 Å². The van der Waals surface area contributed by atoms with Crippen LogP contribution in [-0.2, 0) is 14.8 Å². The molecule has 1 N–H and O–H groups in total. The number of carbonyl (C=O) groups is 1. The van der Waals surface area contributed by atoms with E-state index in [9.17, 15) is 13.2 Å². The normalized spacial score (nSPS) is 12.3. The monoisotopic (exact) mass is 404 g/mol. The van der Waals surface area contributed by atoms with Crippen molar-refractivity contribution < 1.29 is 17.9 Å². The quantitative estimate of drug-likeness (QED) is 0.724. The molecule has 2 aromatic carbocycles. The molecule has 1 amide bonds. The Labute approximate surface area is 167 Å². The van der Waals surface area contributed by atoms with Crippen LogP contribution >= 0.6 is 0 Å². The summed E-state index contributed by atoms with van der Waals surface area (Å²) in [7, 11) is -3.68. The summed E-state index contributed by atoms with van der Waals surface area (Å²) in [6.45, 7) is 8.07. The van der Waals surface area contributed by atoms with Gasteiger partial charge in [-0.1, -0.05) is 19.1 Å². The van der Waals surface area contributed by atoms with Crippen molar-refractivity contribution >= 4 is 27.3 Å². The largest absolute Gasteiger partial charge is 0.494 e. The zero-order valence-electron chi connectivity index (χ0n) is 17.0. The molecule has 7 heteroatoms. The molecule has 1 atom stereocenters. The van der Waals surface area contributed by atoms with Crippen LogP contribution in [0.2, 0.25) is 0 Å². The van der Waals surface area contributed by atoms with Crippen LogP contribution in [0.5, 0.6) is 5.75 Å². The molecule has 0 bridgehead atoms. The van der Waals surface area contributed by atoms with E-state index in [4.69, 9.17) is 4.74 Å². The van der Waals surface area contributed by atoms with Gasteiger partial charge in [0.2, 0.25) is 15.9 Å². The lowest BCUT2D eigenvalue weighted by atomic mass is 10.1. The Morgan fingerprint density at radius 1 is 1.11 bits per heavy atom. The minimum atomic E-state index is -3.68. The molecule has 0 aliphatic heterocycles.